The maximum atomic E-state index is 13.3. The van der Waals surface area contributed by atoms with Gasteiger partial charge in [0, 0.05) is 17.4 Å². The van der Waals surface area contributed by atoms with Crippen LogP contribution in [0.15, 0.2) is 42.5 Å². The minimum atomic E-state index is -0.595. The van der Waals surface area contributed by atoms with Crippen LogP contribution in [0.1, 0.15) is 34.9 Å². The number of aryl methyl sites for hydroxylation is 1. The molecule has 6 rings (SSSR count). The number of hydrogen-bond acceptors (Lipinski definition) is 3. The summed E-state index contributed by atoms with van der Waals surface area (Å²) < 4.78 is 0. The van der Waals surface area contributed by atoms with Gasteiger partial charge in [-0.1, -0.05) is 41.9 Å². The lowest BCUT2D eigenvalue weighted by Crippen LogP contribution is -2.44. The number of imide groups is 1. The number of hydrogen-bond donors (Lipinski definition) is 0. The molecular formula is C21H16ClNO3. The first-order valence-corrected chi connectivity index (χ1v) is 9.12. The molecule has 2 aromatic rings. The highest BCUT2D eigenvalue weighted by Gasteiger charge is 2.62. The van der Waals surface area contributed by atoms with Gasteiger partial charge < -0.3 is 0 Å². The van der Waals surface area contributed by atoms with Gasteiger partial charge >= 0.3 is 0 Å². The number of halogens is 1. The van der Waals surface area contributed by atoms with E-state index in [9.17, 15) is 14.4 Å². The molecule has 2 fully saturated rings. The maximum Gasteiger partial charge on any atom is 0.238 e. The minimum Gasteiger partial charge on any atom is -0.299 e. The Morgan fingerprint density at radius 2 is 1.65 bits per heavy atom. The first kappa shape index (κ1) is 15.8. The van der Waals surface area contributed by atoms with Gasteiger partial charge in [-0.15, -0.1) is 0 Å². The highest BCUT2D eigenvalue weighted by molar-refractivity contribution is 6.31. The van der Waals surface area contributed by atoms with Gasteiger partial charge in [-0.3, -0.25) is 14.4 Å². The number of fused-ring (bicyclic) bond motifs is 1. The predicted molar refractivity (Wildman–Crippen MR) is 97.2 cm³/mol. The Bertz CT molecular complexity index is 999. The monoisotopic (exact) mass is 365 g/mol. The fourth-order valence-electron chi connectivity index (χ4n) is 5.02. The van der Waals surface area contributed by atoms with Crippen LogP contribution in [0.4, 0.5) is 5.69 Å². The number of ketones is 1. The smallest absolute Gasteiger partial charge is 0.238 e. The van der Waals surface area contributed by atoms with Crippen LogP contribution in [0.3, 0.4) is 0 Å². The Balaban J connectivity index is 1.68. The molecule has 2 bridgehead atoms. The molecule has 1 aliphatic heterocycles. The Morgan fingerprint density at radius 1 is 0.962 bits per heavy atom. The molecule has 0 N–H and O–H groups in total. The van der Waals surface area contributed by atoms with Gasteiger partial charge in [-0.05, 0) is 35.7 Å². The minimum absolute atomic E-state index is 0.0702. The van der Waals surface area contributed by atoms with Crippen molar-refractivity contribution in [1.82, 2.24) is 0 Å². The largest absolute Gasteiger partial charge is 0.299 e. The molecular weight excluding hydrogens is 350 g/mol. The van der Waals surface area contributed by atoms with Gasteiger partial charge in [0.2, 0.25) is 11.8 Å². The number of carbonyl (C=O) groups excluding carboxylic acids is 3. The summed E-state index contributed by atoms with van der Waals surface area (Å²) in [7, 11) is 0. The lowest BCUT2D eigenvalue weighted by atomic mass is 9.56. The standard InChI is InChI=1S/C21H16ClNO3/c1-10-6-7-11(22)8-15(10)23-20(25)18-14-9-16(24)17(19(18)21(23)26)13-5-3-2-4-12(13)14/h2-8,14,17-19H,9H2,1H3. The molecule has 5 heteroatoms. The van der Waals surface area contributed by atoms with Gasteiger partial charge in [0.1, 0.15) is 5.78 Å². The second kappa shape index (κ2) is 5.27. The fourth-order valence-corrected chi connectivity index (χ4v) is 5.19. The predicted octanol–water partition coefficient (Wildman–Crippen LogP) is 3.61. The third kappa shape index (κ3) is 1.88. The van der Waals surface area contributed by atoms with Crippen molar-refractivity contribution in [3.63, 3.8) is 0 Å². The normalized spacial score (nSPS) is 29.2. The number of Topliss-reactive ketones (excluding diaryl/α,β-unsaturated/α-hetero) is 1. The van der Waals surface area contributed by atoms with Crippen molar-refractivity contribution in [1.29, 1.82) is 0 Å². The average Bonchev–Trinajstić information content (AvgIpc) is 2.89. The Labute approximate surface area is 155 Å². The molecule has 4 unspecified atom stereocenters. The molecule has 2 amide bonds. The molecule has 1 saturated carbocycles. The molecule has 3 aliphatic carbocycles. The van der Waals surface area contributed by atoms with E-state index >= 15 is 0 Å². The second-order valence-electron chi connectivity index (χ2n) is 7.38. The summed E-state index contributed by atoms with van der Waals surface area (Å²) in [5.41, 5.74) is 3.30. The number of rotatable bonds is 1. The first-order valence-electron chi connectivity index (χ1n) is 8.74. The molecule has 4 aliphatic rings. The van der Waals surface area contributed by atoms with Crippen LogP contribution in [0, 0.1) is 18.8 Å². The van der Waals surface area contributed by atoms with Crippen molar-refractivity contribution in [2.45, 2.75) is 25.2 Å². The van der Waals surface area contributed by atoms with Crippen molar-refractivity contribution in [3.05, 3.63) is 64.2 Å². The highest BCUT2D eigenvalue weighted by Crippen LogP contribution is 2.57. The maximum absolute atomic E-state index is 13.3. The van der Waals surface area contributed by atoms with Crippen LogP contribution in [-0.4, -0.2) is 17.6 Å². The third-order valence-electron chi connectivity index (χ3n) is 6.10. The lowest BCUT2D eigenvalue weighted by Gasteiger charge is -2.43. The van der Waals surface area contributed by atoms with Crippen molar-refractivity contribution in [2.75, 3.05) is 4.90 Å². The second-order valence-corrected chi connectivity index (χ2v) is 7.81. The zero-order valence-corrected chi connectivity index (χ0v) is 14.9. The summed E-state index contributed by atoms with van der Waals surface area (Å²) in [6.07, 6.45) is 0.338. The van der Waals surface area contributed by atoms with E-state index in [1.807, 2.05) is 31.2 Å². The van der Waals surface area contributed by atoms with Crippen LogP contribution >= 0.6 is 11.6 Å². The topological polar surface area (TPSA) is 54.5 Å². The molecule has 0 radical (unpaired) electrons. The molecule has 4 atom stereocenters. The summed E-state index contributed by atoms with van der Waals surface area (Å²) >= 11 is 6.11. The quantitative estimate of drug-likeness (QED) is 0.725. The summed E-state index contributed by atoms with van der Waals surface area (Å²) in [5, 5.41) is 0.475. The van der Waals surface area contributed by atoms with Gasteiger partial charge in [-0.2, -0.15) is 0 Å². The van der Waals surface area contributed by atoms with Crippen LogP contribution in [0.2, 0.25) is 5.02 Å². The summed E-state index contributed by atoms with van der Waals surface area (Å²) in [6.45, 7) is 1.85. The fraction of sp³-hybridized carbons (Fsp3) is 0.286. The SMILES string of the molecule is Cc1ccc(Cl)cc1N1C(=O)C2C3CC(=O)C(c4ccccc43)C2C1=O. The van der Waals surface area contributed by atoms with Crippen LogP contribution in [-0.2, 0) is 14.4 Å². The molecule has 26 heavy (non-hydrogen) atoms. The molecule has 1 saturated heterocycles. The van der Waals surface area contributed by atoms with E-state index in [4.69, 9.17) is 11.6 Å². The molecule has 1 heterocycles. The van der Waals surface area contributed by atoms with E-state index in [0.29, 0.717) is 17.1 Å². The Morgan fingerprint density at radius 3 is 2.42 bits per heavy atom. The number of carbonyl (C=O) groups is 3. The van der Waals surface area contributed by atoms with Gasteiger partial charge in [0.15, 0.2) is 0 Å². The van der Waals surface area contributed by atoms with Crippen molar-refractivity contribution in [3.8, 4) is 0 Å². The molecule has 130 valence electrons. The van der Waals surface area contributed by atoms with Crippen LogP contribution < -0.4 is 4.90 Å². The van der Waals surface area contributed by atoms with E-state index in [1.54, 1.807) is 18.2 Å². The Hall–Kier alpha value is -2.46. The van der Waals surface area contributed by atoms with E-state index in [1.165, 1.54) is 4.90 Å². The van der Waals surface area contributed by atoms with E-state index in [0.717, 1.165) is 16.7 Å². The van der Waals surface area contributed by atoms with E-state index in [-0.39, 0.29) is 23.5 Å². The van der Waals surface area contributed by atoms with Gasteiger partial charge in [-0.25, -0.2) is 4.90 Å². The zero-order chi connectivity index (χ0) is 18.2. The summed E-state index contributed by atoms with van der Waals surface area (Å²) in [5.74, 6) is -2.19. The zero-order valence-electron chi connectivity index (χ0n) is 14.1. The van der Waals surface area contributed by atoms with Crippen molar-refractivity contribution in [2.24, 2.45) is 11.8 Å². The number of nitrogens with zero attached hydrogens (tertiary/aromatic N) is 1. The van der Waals surface area contributed by atoms with Gasteiger partial charge in [0.05, 0.1) is 23.4 Å². The van der Waals surface area contributed by atoms with Crippen LogP contribution in [0.25, 0.3) is 0 Å². The number of benzene rings is 2. The molecule has 2 aromatic carbocycles. The lowest BCUT2D eigenvalue weighted by molar-refractivity contribution is -0.134. The van der Waals surface area contributed by atoms with Crippen molar-refractivity contribution >= 4 is 34.9 Å². The molecule has 0 spiro atoms. The average molecular weight is 366 g/mol. The first-order chi connectivity index (χ1) is 12.5. The summed E-state index contributed by atoms with van der Waals surface area (Å²) in [4.78, 5) is 40.5. The van der Waals surface area contributed by atoms with Gasteiger partial charge in [0.25, 0.3) is 0 Å². The van der Waals surface area contributed by atoms with Crippen LogP contribution in [0.5, 0.6) is 0 Å². The number of amides is 2. The Kier molecular flexibility index (Phi) is 3.20. The number of anilines is 1. The highest BCUT2D eigenvalue weighted by atomic mass is 35.5. The third-order valence-corrected chi connectivity index (χ3v) is 6.34. The van der Waals surface area contributed by atoms with E-state index < -0.39 is 17.8 Å². The summed E-state index contributed by atoms with van der Waals surface area (Å²) in [6, 6.07) is 12.9. The molecule has 4 nitrogen and oxygen atoms in total. The van der Waals surface area contributed by atoms with E-state index in [2.05, 4.69) is 0 Å². The van der Waals surface area contributed by atoms with Crippen molar-refractivity contribution < 1.29 is 14.4 Å². The molecule has 0 aromatic heterocycles.